The Hall–Kier alpha value is -2.42. The summed E-state index contributed by atoms with van der Waals surface area (Å²) in [6.07, 6.45) is 0. The fraction of sp³-hybridized carbons (Fsp3) is 0.458. The summed E-state index contributed by atoms with van der Waals surface area (Å²) < 4.78 is 44.6. The predicted octanol–water partition coefficient (Wildman–Crippen LogP) is 3.86. The summed E-state index contributed by atoms with van der Waals surface area (Å²) in [5.74, 6) is 0.117. The number of sulfonamides is 1. The zero-order valence-corrected chi connectivity index (χ0v) is 20.5. The lowest BCUT2D eigenvalue weighted by molar-refractivity contribution is -0.160. The summed E-state index contributed by atoms with van der Waals surface area (Å²) in [6, 6.07) is 12.8. The van der Waals surface area contributed by atoms with Gasteiger partial charge in [-0.25, -0.2) is 13.2 Å². The van der Waals surface area contributed by atoms with Crippen molar-refractivity contribution >= 4 is 16.0 Å². The van der Waals surface area contributed by atoms with Gasteiger partial charge < -0.3 is 14.2 Å². The lowest BCUT2D eigenvalue weighted by atomic mass is 10.1. The molecule has 2 aromatic carbocycles. The van der Waals surface area contributed by atoms with Crippen LogP contribution in [0.3, 0.4) is 0 Å². The van der Waals surface area contributed by atoms with Crippen molar-refractivity contribution in [2.75, 3.05) is 26.9 Å². The number of aryl methyl sites for hydroxylation is 2. The van der Waals surface area contributed by atoms with Gasteiger partial charge in [0.1, 0.15) is 18.0 Å². The average Bonchev–Trinajstić information content (AvgIpc) is 2.68. The lowest BCUT2D eigenvalue weighted by Crippen LogP contribution is -2.35. The van der Waals surface area contributed by atoms with E-state index in [0.717, 1.165) is 5.56 Å². The summed E-state index contributed by atoms with van der Waals surface area (Å²) in [5, 5.41) is 0. The molecule has 0 saturated heterocycles. The van der Waals surface area contributed by atoms with Crippen LogP contribution in [0.2, 0.25) is 0 Å². The number of nitrogens with zero attached hydrogens (tertiary/aromatic N) is 1. The van der Waals surface area contributed by atoms with Crippen molar-refractivity contribution in [1.29, 1.82) is 0 Å². The molecule has 8 heteroatoms. The number of benzene rings is 2. The molecule has 0 heterocycles. The normalized spacial score (nSPS) is 12.1. The predicted molar refractivity (Wildman–Crippen MR) is 123 cm³/mol. The van der Waals surface area contributed by atoms with Crippen LogP contribution >= 0.6 is 0 Å². The second kappa shape index (κ2) is 10.9. The molecule has 0 fully saturated rings. The standard InChI is InChI=1S/C24H33NO6S/c1-18-14-21(29-6)15-19(2)23(18)32(27,28)25(16-20-10-8-7-9-11-20)12-13-30-17-22(26)31-24(3,4)5/h7-11,14-15H,12-13,16-17H2,1-6H3. The third kappa shape index (κ3) is 7.32. The van der Waals surface area contributed by atoms with Crippen LogP contribution in [0.5, 0.6) is 5.75 Å². The maximum atomic E-state index is 13.6. The molecule has 2 rings (SSSR count). The van der Waals surface area contributed by atoms with Crippen molar-refractivity contribution in [2.45, 2.75) is 51.7 Å². The van der Waals surface area contributed by atoms with E-state index >= 15 is 0 Å². The van der Waals surface area contributed by atoms with Crippen LogP contribution in [0.1, 0.15) is 37.5 Å². The van der Waals surface area contributed by atoms with E-state index in [1.165, 1.54) is 4.31 Å². The molecular formula is C24H33NO6S. The highest BCUT2D eigenvalue weighted by atomic mass is 32.2. The molecule has 176 valence electrons. The Morgan fingerprint density at radius 3 is 2.16 bits per heavy atom. The minimum atomic E-state index is -3.83. The Bertz CT molecular complexity index is 990. The molecule has 0 radical (unpaired) electrons. The first-order valence-electron chi connectivity index (χ1n) is 10.4. The number of esters is 1. The molecule has 2 aromatic rings. The van der Waals surface area contributed by atoms with Crippen molar-refractivity contribution < 1.29 is 27.4 Å². The topological polar surface area (TPSA) is 82.1 Å². The summed E-state index contributed by atoms with van der Waals surface area (Å²) in [6.45, 7) is 8.92. The van der Waals surface area contributed by atoms with Crippen molar-refractivity contribution in [3.05, 3.63) is 59.2 Å². The average molecular weight is 464 g/mol. The number of carbonyl (C=O) groups is 1. The number of ether oxygens (including phenoxy) is 3. The van der Waals surface area contributed by atoms with Crippen molar-refractivity contribution in [3.63, 3.8) is 0 Å². The van der Waals surface area contributed by atoms with Crippen molar-refractivity contribution in [3.8, 4) is 5.75 Å². The molecule has 0 N–H and O–H groups in total. The third-order valence-corrected chi connectivity index (χ3v) is 6.75. The summed E-state index contributed by atoms with van der Waals surface area (Å²) in [7, 11) is -2.29. The Kier molecular flexibility index (Phi) is 8.83. The lowest BCUT2D eigenvalue weighted by Gasteiger charge is -2.25. The second-order valence-electron chi connectivity index (χ2n) is 8.55. The van der Waals surface area contributed by atoms with E-state index in [0.29, 0.717) is 16.9 Å². The second-order valence-corrected chi connectivity index (χ2v) is 10.4. The van der Waals surface area contributed by atoms with Gasteiger partial charge in [-0.2, -0.15) is 4.31 Å². The highest BCUT2D eigenvalue weighted by Gasteiger charge is 2.28. The number of rotatable bonds is 10. The molecule has 0 atom stereocenters. The van der Waals surface area contributed by atoms with Gasteiger partial charge in [-0.1, -0.05) is 30.3 Å². The number of hydrogen-bond acceptors (Lipinski definition) is 6. The van der Waals surface area contributed by atoms with Crippen LogP contribution in [-0.2, 0) is 30.8 Å². The Morgan fingerprint density at radius 2 is 1.62 bits per heavy atom. The van der Waals surface area contributed by atoms with E-state index in [-0.39, 0.29) is 31.2 Å². The van der Waals surface area contributed by atoms with E-state index in [1.807, 2.05) is 30.3 Å². The summed E-state index contributed by atoms with van der Waals surface area (Å²) >= 11 is 0. The van der Waals surface area contributed by atoms with E-state index < -0.39 is 21.6 Å². The molecule has 0 aliphatic rings. The molecular weight excluding hydrogens is 430 g/mol. The van der Waals surface area contributed by atoms with Crippen LogP contribution in [0.25, 0.3) is 0 Å². The Morgan fingerprint density at radius 1 is 1.03 bits per heavy atom. The van der Waals surface area contributed by atoms with E-state index in [4.69, 9.17) is 14.2 Å². The first-order valence-corrected chi connectivity index (χ1v) is 11.9. The van der Waals surface area contributed by atoms with Crippen LogP contribution in [-0.4, -0.2) is 51.2 Å². The fourth-order valence-corrected chi connectivity index (χ4v) is 5.15. The van der Waals surface area contributed by atoms with Crippen molar-refractivity contribution in [1.82, 2.24) is 4.31 Å². The van der Waals surface area contributed by atoms with Gasteiger partial charge in [0.15, 0.2) is 0 Å². The SMILES string of the molecule is COc1cc(C)c(S(=O)(=O)N(CCOCC(=O)OC(C)(C)C)Cc2ccccc2)c(C)c1. The Balaban J connectivity index is 2.22. The molecule has 0 bridgehead atoms. The van der Waals surface area contributed by atoms with Gasteiger partial charge in [0, 0.05) is 13.1 Å². The summed E-state index contributed by atoms with van der Waals surface area (Å²) in [4.78, 5) is 12.1. The highest BCUT2D eigenvalue weighted by molar-refractivity contribution is 7.89. The van der Waals surface area contributed by atoms with E-state index in [9.17, 15) is 13.2 Å². The van der Waals surface area contributed by atoms with Gasteiger partial charge in [0.25, 0.3) is 0 Å². The van der Waals surface area contributed by atoms with Gasteiger partial charge in [-0.05, 0) is 63.4 Å². The van der Waals surface area contributed by atoms with Crippen LogP contribution < -0.4 is 4.74 Å². The quantitative estimate of drug-likeness (QED) is 0.393. The molecule has 0 saturated carbocycles. The number of hydrogen-bond donors (Lipinski definition) is 0. The molecule has 0 amide bonds. The van der Waals surface area contributed by atoms with Gasteiger partial charge in [0.05, 0.1) is 18.6 Å². The minimum Gasteiger partial charge on any atom is -0.497 e. The largest absolute Gasteiger partial charge is 0.497 e. The molecule has 0 aromatic heterocycles. The minimum absolute atomic E-state index is 0.0551. The molecule has 0 unspecified atom stereocenters. The number of methoxy groups -OCH3 is 1. The van der Waals surface area contributed by atoms with Crippen LogP contribution in [0, 0.1) is 13.8 Å². The molecule has 0 aliphatic heterocycles. The Labute approximate surface area is 191 Å². The molecule has 0 spiro atoms. The third-order valence-electron chi connectivity index (χ3n) is 4.59. The molecule has 7 nitrogen and oxygen atoms in total. The number of carbonyl (C=O) groups excluding carboxylic acids is 1. The van der Waals surface area contributed by atoms with Gasteiger partial charge in [-0.3, -0.25) is 0 Å². The van der Waals surface area contributed by atoms with Crippen molar-refractivity contribution in [2.24, 2.45) is 0 Å². The summed E-state index contributed by atoms with van der Waals surface area (Å²) in [5.41, 5.74) is 1.46. The zero-order chi connectivity index (χ0) is 23.9. The van der Waals surface area contributed by atoms with Crippen LogP contribution in [0.4, 0.5) is 0 Å². The molecule has 0 aliphatic carbocycles. The fourth-order valence-electron chi connectivity index (χ4n) is 3.33. The van der Waals surface area contributed by atoms with Gasteiger partial charge in [-0.15, -0.1) is 0 Å². The van der Waals surface area contributed by atoms with Gasteiger partial charge in [0.2, 0.25) is 10.0 Å². The highest BCUT2D eigenvalue weighted by Crippen LogP contribution is 2.29. The molecule has 32 heavy (non-hydrogen) atoms. The van der Waals surface area contributed by atoms with Gasteiger partial charge >= 0.3 is 5.97 Å². The maximum Gasteiger partial charge on any atom is 0.332 e. The zero-order valence-electron chi connectivity index (χ0n) is 19.7. The van der Waals surface area contributed by atoms with E-state index in [2.05, 4.69) is 0 Å². The first-order chi connectivity index (χ1) is 14.9. The van der Waals surface area contributed by atoms with Crippen LogP contribution in [0.15, 0.2) is 47.4 Å². The first kappa shape index (κ1) is 25.8. The van der Waals surface area contributed by atoms with E-state index in [1.54, 1.807) is 53.9 Å². The smallest absolute Gasteiger partial charge is 0.332 e. The monoisotopic (exact) mass is 463 g/mol. The maximum absolute atomic E-state index is 13.6.